The second-order valence-corrected chi connectivity index (χ2v) is 4.30. The monoisotopic (exact) mass is 233 g/mol. The van der Waals surface area contributed by atoms with Crippen molar-refractivity contribution in [3.63, 3.8) is 0 Å². The summed E-state index contributed by atoms with van der Waals surface area (Å²) < 4.78 is 0.955. The molecule has 1 aliphatic heterocycles. The Labute approximate surface area is 80.2 Å². The van der Waals surface area contributed by atoms with Crippen LogP contribution in [-0.2, 0) is 4.79 Å². The van der Waals surface area contributed by atoms with Gasteiger partial charge in [-0.15, -0.1) is 0 Å². The van der Waals surface area contributed by atoms with E-state index in [1.54, 1.807) is 0 Å². The number of aliphatic carboxylic acids is 1. The second-order valence-electron chi connectivity index (χ2n) is 3.18. The topological polar surface area (TPSA) is 40.5 Å². The Kier molecular flexibility index (Phi) is 3.29. The minimum atomic E-state index is -0.697. The molecule has 1 heterocycles. The number of carboxylic acids is 1. The van der Waals surface area contributed by atoms with E-state index in [1.165, 1.54) is 0 Å². The zero-order chi connectivity index (χ0) is 9.14. The van der Waals surface area contributed by atoms with Gasteiger partial charge in [-0.3, -0.25) is 9.69 Å². The molecule has 68 valence electrons. The molecule has 0 aromatic carbocycles. The van der Waals surface area contributed by atoms with Crippen molar-refractivity contribution < 1.29 is 9.90 Å². The third kappa shape index (κ3) is 2.95. The van der Waals surface area contributed by atoms with Gasteiger partial charge in [-0.2, -0.15) is 0 Å². The van der Waals surface area contributed by atoms with E-state index in [4.69, 9.17) is 5.11 Å². The van der Waals surface area contributed by atoms with Crippen LogP contribution in [0.4, 0.5) is 0 Å². The molecule has 0 aromatic rings. The van der Waals surface area contributed by atoms with Crippen LogP contribution in [0.5, 0.6) is 0 Å². The first-order valence-electron chi connectivity index (χ1n) is 3.85. The van der Waals surface area contributed by atoms with Crippen molar-refractivity contribution in [3.05, 3.63) is 11.1 Å². The van der Waals surface area contributed by atoms with Crippen molar-refractivity contribution in [1.82, 2.24) is 4.90 Å². The highest BCUT2D eigenvalue weighted by atomic mass is 79.9. The molecule has 0 amide bonds. The Balaban J connectivity index is 2.11. The Morgan fingerprint density at radius 2 is 2.25 bits per heavy atom. The quantitative estimate of drug-likeness (QED) is 0.797. The summed E-state index contributed by atoms with van der Waals surface area (Å²) in [5.74, 6) is -0.355. The first-order valence-corrected chi connectivity index (χ1v) is 4.64. The number of rotatable bonds is 4. The second kappa shape index (κ2) is 4.05. The molecule has 0 aromatic heterocycles. The molecule has 0 aliphatic carbocycles. The minimum absolute atomic E-state index is 0.297. The summed E-state index contributed by atoms with van der Waals surface area (Å²) in [4.78, 5) is 12.5. The van der Waals surface area contributed by atoms with Gasteiger partial charge in [0.25, 0.3) is 0 Å². The van der Waals surface area contributed by atoms with Gasteiger partial charge >= 0.3 is 5.97 Å². The van der Waals surface area contributed by atoms with Crippen LogP contribution in [0.25, 0.3) is 0 Å². The van der Waals surface area contributed by atoms with Gasteiger partial charge in [0.15, 0.2) is 0 Å². The first kappa shape index (κ1) is 9.74. The predicted octanol–water partition coefficient (Wildman–Crippen LogP) is 1.30. The SMILES string of the molecule is C=C(Br)CN1CC(CC(=O)O)C1. The van der Waals surface area contributed by atoms with Crippen LogP contribution < -0.4 is 0 Å². The maximum atomic E-state index is 10.3. The van der Waals surface area contributed by atoms with Gasteiger partial charge in [0, 0.05) is 24.1 Å². The van der Waals surface area contributed by atoms with E-state index in [-0.39, 0.29) is 0 Å². The lowest BCUT2D eigenvalue weighted by molar-refractivity contribution is -0.139. The minimum Gasteiger partial charge on any atom is -0.481 e. The van der Waals surface area contributed by atoms with E-state index < -0.39 is 5.97 Å². The van der Waals surface area contributed by atoms with Gasteiger partial charge in [0.1, 0.15) is 0 Å². The number of carbonyl (C=O) groups is 1. The molecule has 4 heteroatoms. The molecule has 1 N–H and O–H groups in total. The molecular weight excluding hydrogens is 222 g/mol. The van der Waals surface area contributed by atoms with Gasteiger partial charge < -0.3 is 5.11 Å². The average molecular weight is 234 g/mol. The van der Waals surface area contributed by atoms with Crippen LogP contribution in [0, 0.1) is 5.92 Å². The van der Waals surface area contributed by atoms with E-state index in [9.17, 15) is 4.79 Å². The number of carboxylic acid groups (broad SMARTS) is 1. The van der Waals surface area contributed by atoms with Gasteiger partial charge in [-0.05, 0) is 5.92 Å². The summed E-state index contributed by atoms with van der Waals surface area (Å²) >= 11 is 3.27. The molecule has 0 bridgehead atoms. The summed E-state index contributed by atoms with van der Waals surface area (Å²) in [5.41, 5.74) is 0. The first-order chi connectivity index (χ1) is 5.58. The number of halogens is 1. The van der Waals surface area contributed by atoms with E-state index in [1.807, 2.05) is 0 Å². The average Bonchev–Trinajstić information content (AvgIpc) is 1.80. The molecule has 1 rings (SSSR count). The predicted molar refractivity (Wildman–Crippen MR) is 50.2 cm³/mol. The molecule has 0 atom stereocenters. The van der Waals surface area contributed by atoms with E-state index >= 15 is 0 Å². The maximum absolute atomic E-state index is 10.3. The number of hydrogen-bond donors (Lipinski definition) is 1. The smallest absolute Gasteiger partial charge is 0.303 e. The van der Waals surface area contributed by atoms with Crippen LogP contribution in [0.3, 0.4) is 0 Å². The molecule has 3 nitrogen and oxygen atoms in total. The van der Waals surface area contributed by atoms with Gasteiger partial charge in [-0.25, -0.2) is 0 Å². The Morgan fingerprint density at radius 3 is 2.67 bits per heavy atom. The molecule has 0 radical (unpaired) electrons. The lowest BCUT2D eigenvalue weighted by Crippen LogP contribution is -2.47. The standard InChI is InChI=1S/C8H12BrNO2/c1-6(9)3-10-4-7(5-10)2-8(11)12/h7H,1-5H2,(H,11,12). The van der Waals surface area contributed by atoms with Crippen LogP contribution in [-0.4, -0.2) is 35.6 Å². The molecule has 12 heavy (non-hydrogen) atoms. The highest BCUT2D eigenvalue weighted by Gasteiger charge is 2.27. The fourth-order valence-corrected chi connectivity index (χ4v) is 1.78. The normalized spacial score (nSPS) is 18.8. The van der Waals surface area contributed by atoms with Crippen LogP contribution >= 0.6 is 15.9 Å². The summed E-state index contributed by atoms with van der Waals surface area (Å²) in [7, 11) is 0. The number of hydrogen-bond acceptors (Lipinski definition) is 2. The lowest BCUT2D eigenvalue weighted by atomic mass is 9.97. The van der Waals surface area contributed by atoms with E-state index in [0.717, 1.165) is 24.1 Å². The maximum Gasteiger partial charge on any atom is 0.303 e. The highest BCUT2D eigenvalue weighted by molar-refractivity contribution is 9.11. The Morgan fingerprint density at radius 1 is 1.67 bits per heavy atom. The zero-order valence-electron chi connectivity index (χ0n) is 6.79. The summed E-state index contributed by atoms with van der Waals surface area (Å²) in [6.45, 7) is 6.32. The van der Waals surface area contributed by atoms with E-state index in [0.29, 0.717) is 12.3 Å². The molecule has 0 spiro atoms. The fourth-order valence-electron chi connectivity index (χ4n) is 1.42. The third-order valence-electron chi connectivity index (χ3n) is 1.89. The van der Waals surface area contributed by atoms with Gasteiger partial charge in [-0.1, -0.05) is 22.5 Å². The van der Waals surface area contributed by atoms with Crippen LogP contribution in [0.15, 0.2) is 11.1 Å². The third-order valence-corrected chi connectivity index (χ3v) is 2.14. The fraction of sp³-hybridized carbons (Fsp3) is 0.625. The summed E-state index contributed by atoms with van der Waals surface area (Å²) in [6.07, 6.45) is 0.297. The summed E-state index contributed by atoms with van der Waals surface area (Å²) in [6, 6.07) is 0. The molecule has 1 fully saturated rings. The molecule has 1 saturated heterocycles. The van der Waals surface area contributed by atoms with Crippen molar-refractivity contribution in [2.24, 2.45) is 5.92 Å². The Hall–Kier alpha value is -0.350. The van der Waals surface area contributed by atoms with Gasteiger partial charge in [0.2, 0.25) is 0 Å². The van der Waals surface area contributed by atoms with Crippen molar-refractivity contribution in [2.75, 3.05) is 19.6 Å². The van der Waals surface area contributed by atoms with Gasteiger partial charge in [0.05, 0.1) is 6.42 Å². The van der Waals surface area contributed by atoms with Crippen LogP contribution in [0.2, 0.25) is 0 Å². The number of likely N-dealkylation sites (tertiary alicyclic amines) is 1. The van der Waals surface area contributed by atoms with Crippen molar-refractivity contribution in [2.45, 2.75) is 6.42 Å². The van der Waals surface area contributed by atoms with Crippen molar-refractivity contribution in [1.29, 1.82) is 0 Å². The molecule has 0 saturated carbocycles. The number of nitrogens with zero attached hydrogens (tertiary/aromatic N) is 1. The highest BCUT2D eigenvalue weighted by Crippen LogP contribution is 2.20. The van der Waals surface area contributed by atoms with Crippen LogP contribution in [0.1, 0.15) is 6.42 Å². The van der Waals surface area contributed by atoms with Crippen molar-refractivity contribution in [3.8, 4) is 0 Å². The van der Waals surface area contributed by atoms with Crippen molar-refractivity contribution >= 4 is 21.9 Å². The summed E-state index contributed by atoms with van der Waals surface area (Å²) in [5, 5.41) is 8.47. The molecule has 0 unspecified atom stereocenters. The lowest BCUT2D eigenvalue weighted by Gasteiger charge is -2.38. The molecule has 1 aliphatic rings. The Bertz CT molecular complexity index is 179. The zero-order valence-corrected chi connectivity index (χ0v) is 8.38. The molecular formula is C8H12BrNO2. The largest absolute Gasteiger partial charge is 0.481 e. The van der Waals surface area contributed by atoms with E-state index in [2.05, 4.69) is 27.4 Å².